The molecule has 0 amide bonds. The Morgan fingerprint density at radius 2 is 1.88 bits per heavy atom. The molecule has 0 bridgehead atoms. The molecule has 1 atom stereocenters. The SMILES string of the molecule is CCCCN1C(=S)NC(c2ccc(Cl)cc2)C(c2nc(-c3ccc(SC)cc3)no2)=C1C. The van der Waals surface area contributed by atoms with Crippen molar-refractivity contribution in [1.29, 1.82) is 0 Å². The zero-order valence-corrected chi connectivity index (χ0v) is 20.7. The van der Waals surface area contributed by atoms with Crippen LogP contribution in [0.4, 0.5) is 0 Å². The molecule has 2 heterocycles. The predicted octanol–water partition coefficient (Wildman–Crippen LogP) is 6.57. The van der Waals surface area contributed by atoms with Crippen LogP contribution in [0.15, 0.2) is 63.6 Å². The van der Waals surface area contributed by atoms with Crippen LogP contribution in [0.1, 0.15) is 44.2 Å². The normalized spacial score (nSPS) is 16.4. The summed E-state index contributed by atoms with van der Waals surface area (Å²) in [6.07, 6.45) is 4.17. The first-order chi connectivity index (χ1) is 15.5. The molecule has 0 spiro atoms. The molecule has 0 saturated heterocycles. The van der Waals surface area contributed by atoms with Gasteiger partial charge in [-0.3, -0.25) is 0 Å². The van der Waals surface area contributed by atoms with Gasteiger partial charge in [0.15, 0.2) is 5.11 Å². The van der Waals surface area contributed by atoms with E-state index in [1.807, 2.05) is 36.4 Å². The maximum atomic E-state index is 6.13. The van der Waals surface area contributed by atoms with Crippen LogP contribution in [0, 0.1) is 0 Å². The molecule has 1 aliphatic heterocycles. The first-order valence-electron chi connectivity index (χ1n) is 10.5. The number of thiocarbonyl (C=S) groups is 1. The van der Waals surface area contributed by atoms with Crippen molar-refractivity contribution in [3.8, 4) is 11.4 Å². The first kappa shape index (κ1) is 22.8. The van der Waals surface area contributed by atoms with E-state index in [1.165, 1.54) is 4.90 Å². The summed E-state index contributed by atoms with van der Waals surface area (Å²) >= 11 is 13.5. The van der Waals surface area contributed by atoms with E-state index in [9.17, 15) is 0 Å². The topological polar surface area (TPSA) is 54.2 Å². The van der Waals surface area contributed by atoms with Crippen molar-refractivity contribution in [2.75, 3.05) is 12.8 Å². The highest BCUT2D eigenvalue weighted by Crippen LogP contribution is 2.38. The maximum absolute atomic E-state index is 6.13. The highest BCUT2D eigenvalue weighted by molar-refractivity contribution is 7.98. The molecular formula is C24H25ClN4OS2. The van der Waals surface area contributed by atoms with Crippen LogP contribution in [-0.2, 0) is 0 Å². The van der Waals surface area contributed by atoms with Gasteiger partial charge in [-0.15, -0.1) is 11.8 Å². The molecule has 1 aliphatic rings. The Morgan fingerprint density at radius 1 is 1.16 bits per heavy atom. The summed E-state index contributed by atoms with van der Waals surface area (Å²) in [7, 11) is 0. The second-order valence-electron chi connectivity index (χ2n) is 7.59. The Labute approximate surface area is 203 Å². The first-order valence-corrected chi connectivity index (χ1v) is 12.6. The molecule has 1 unspecified atom stereocenters. The summed E-state index contributed by atoms with van der Waals surface area (Å²) in [4.78, 5) is 8.08. The lowest BCUT2D eigenvalue weighted by Gasteiger charge is -2.37. The number of hydrogen-bond donors (Lipinski definition) is 1. The van der Waals surface area contributed by atoms with Crippen molar-refractivity contribution in [2.45, 2.75) is 37.6 Å². The molecule has 1 N–H and O–H groups in total. The summed E-state index contributed by atoms with van der Waals surface area (Å²) in [6, 6.07) is 15.7. The van der Waals surface area contributed by atoms with Crippen molar-refractivity contribution in [2.24, 2.45) is 0 Å². The van der Waals surface area contributed by atoms with Gasteiger partial charge in [-0.25, -0.2) is 0 Å². The highest BCUT2D eigenvalue weighted by atomic mass is 35.5. The number of allylic oxidation sites excluding steroid dienone is 1. The minimum atomic E-state index is -0.204. The van der Waals surface area contributed by atoms with Gasteiger partial charge >= 0.3 is 0 Å². The zero-order chi connectivity index (χ0) is 22.7. The molecule has 0 saturated carbocycles. The van der Waals surface area contributed by atoms with Crippen LogP contribution < -0.4 is 5.32 Å². The van der Waals surface area contributed by atoms with Crippen LogP contribution in [0.3, 0.4) is 0 Å². The number of halogens is 1. The van der Waals surface area contributed by atoms with Gasteiger partial charge in [-0.05, 0) is 73.8 Å². The maximum Gasteiger partial charge on any atom is 0.258 e. The average molecular weight is 485 g/mol. The van der Waals surface area contributed by atoms with E-state index in [0.717, 1.165) is 41.8 Å². The van der Waals surface area contributed by atoms with Gasteiger partial charge in [0.05, 0.1) is 11.6 Å². The van der Waals surface area contributed by atoms with Gasteiger partial charge in [0.1, 0.15) is 0 Å². The largest absolute Gasteiger partial charge is 0.351 e. The number of nitrogens with zero attached hydrogens (tertiary/aromatic N) is 3. The molecule has 0 aliphatic carbocycles. The Hall–Kier alpha value is -2.35. The monoisotopic (exact) mass is 484 g/mol. The van der Waals surface area contributed by atoms with Gasteiger partial charge in [0, 0.05) is 27.7 Å². The Balaban J connectivity index is 1.76. The van der Waals surface area contributed by atoms with E-state index >= 15 is 0 Å². The van der Waals surface area contributed by atoms with E-state index in [4.69, 9.17) is 33.3 Å². The zero-order valence-electron chi connectivity index (χ0n) is 18.3. The highest BCUT2D eigenvalue weighted by Gasteiger charge is 2.33. The number of unbranched alkanes of at least 4 members (excludes halogenated alkanes) is 1. The fourth-order valence-electron chi connectivity index (χ4n) is 3.74. The molecule has 3 aromatic rings. The van der Waals surface area contributed by atoms with Crippen molar-refractivity contribution < 1.29 is 4.52 Å². The van der Waals surface area contributed by atoms with Gasteiger partial charge in [0.25, 0.3) is 5.89 Å². The van der Waals surface area contributed by atoms with Gasteiger partial charge < -0.3 is 14.7 Å². The molecule has 8 heteroatoms. The third kappa shape index (κ3) is 4.70. The van der Waals surface area contributed by atoms with Gasteiger partial charge in [-0.2, -0.15) is 4.98 Å². The van der Waals surface area contributed by atoms with Crippen molar-refractivity contribution in [1.82, 2.24) is 20.4 Å². The number of aromatic nitrogens is 2. The Kier molecular flexibility index (Phi) is 7.18. The minimum Gasteiger partial charge on any atom is -0.351 e. The average Bonchev–Trinajstić information content (AvgIpc) is 3.29. The summed E-state index contributed by atoms with van der Waals surface area (Å²) in [5.74, 6) is 1.05. The molecule has 2 aromatic carbocycles. The fraction of sp³-hybridized carbons (Fsp3) is 0.292. The number of hydrogen-bond acceptors (Lipinski definition) is 5. The second kappa shape index (κ2) is 10.1. The summed E-state index contributed by atoms with van der Waals surface area (Å²) < 4.78 is 5.79. The van der Waals surface area contributed by atoms with E-state index in [0.29, 0.717) is 21.9 Å². The van der Waals surface area contributed by atoms with E-state index < -0.39 is 0 Å². The van der Waals surface area contributed by atoms with E-state index in [1.54, 1.807) is 11.8 Å². The Morgan fingerprint density at radius 3 is 2.53 bits per heavy atom. The lowest BCUT2D eigenvalue weighted by atomic mass is 9.94. The van der Waals surface area contributed by atoms with E-state index in [-0.39, 0.29) is 6.04 Å². The van der Waals surface area contributed by atoms with Crippen LogP contribution in [0.25, 0.3) is 17.0 Å². The third-order valence-electron chi connectivity index (χ3n) is 5.54. The summed E-state index contributed by atoms with van der Waals surface area (Å²) in [5, 5.41) is 9.14. The molecule has 0 radical (unpaired) electrons. The molecule has 4 rings (SSSR count). The number of nitrogens with one attached hydrogen (secondary N) is 1. The molecular weight excluding hydrogens is 460 g/mol. The van der Waals surface area contributed by atoms with Crippen molar-refractivity contribution in [3.05, 3.63) is 70.7 Å². The van der Waals surface area contributed by atoms with Crippen LogP contribution in [0.2, 0.25) is 5.02 Å². The lowest BCUT2D eigenvalue weighted by molar-refractivity contribution is 0.395. The number of rotatable bonds is 7. The third-order valence-corrected chi connectivity index (χ3v) is 6.87. The molecule has 5 nitrogen and oxygen atoms in total. The summed E-state index contributed by atoms with van der Waals surface area (Å²) in [5.41, 5.74) is 3.90. The lowest BCUT2D eigenvalue weighted by Crippen LogP contribution is -2.46. The van der Waals surface area contributed by atoms with Crippen molar-refractivity contribution in [3.63, 3.8) is 0 Å². The van der Waals surface area contributed by atoms with E-state index in [2.05, 4.69) is 47.6 Å². The van der Waals surface area contributed by atoms with Gasteiger partial charge in [-0.1, -0.05) is 42.2 Å². The number of thioether (sulfide) groups is 1. The second-order valence-corrected chi connectivity index (χ2v) is 9.29. The molecule has 32 heavy (non-hydrogen) atoms. The summed E-state index contributed by atoms with van der Waals surface area (Å²) in [6.45, 7) is 5.07. The van der Waals surface area contributed by atoms with Crippen molar-refractivity contribution >= 4 is 46.3 Å². The van der Waals surface area contributed by atoms with Crippen LogP contribution >= 0.6 is 35.6 Å². The minimum absolute atomic E-state index is 0.204. The van der Waals surface area contributed by atoms with Crippen LogP contribution in [0.5, 0.6) is 0 Å². The molecule has 1 aromatic heterocycles. The van der Waals surface area contributed by atoms with Crippen LogP contribution in [-0.4, -0.2) is 33.0 Å². The smallest absolute Gasteiger partial charge is 0.258 e. The Bertz CT molecular complexity index is 1130. The predicted molar refractivity (Wildman–Crippen MR) is 136 cm³/mol. The quantitative estimate of drug-likeness (QED) is 0.300. The number of benzene rings is 2. The molecule has 166 valence electrons. The molecule has 0 fully saturated rings. The standard InChI is InChI=1S/C24H25ClN4OS2/c1-4-5-14-29-15(2)20(21(26-24(29)31)16-6-10-18(25)11-7-16)23-27-22(28-30-23)17-8-12-19(32-3)13-9-17/h6-13,21H,4-5,14H2,1-3H3,(H,26,31). The fourth-order valence-corrected chi connectivity index (χ4v) is 4.62. The van der Waals surface area contributed by atoms with Gasteiger partial charge in [0.2, 0.25) is 5.82 Å².